The monoisotopic (exact) mass is 312 g/mol. The molecule has 2 aromatic rings. The van der Waals surface area contributed by atoms with Gasteiger partial charge in [0.1, 0.15) is 11.9 Å². The summed E-state index contributed by atoms with van der Waals surface area (Å²) in [7, 11) is 0. The van der Waals surface area contributed by atoms with E-state index in [1.807, 2.05) is 30.3 Å². The Hall–Kier alpha value is -2.02. The van der Waals surface area contributed by atoms with Crippen molar-refractivity contribution >= 4 is 11.6 Å². The van der Waals surface area contributed by atoms with Gasteiger partial charge in [0.2, 0.25) is 0 Å². The lowest BCUT2D eigenvalue weighted by Crippen LogP contribution is -2.30. The molecule has 1 heterocycles. The molecular formula is C18H17ClN2O. The van der Waals surface area contributed by atoms with Crippen LogP contribution in [0.4, 0.5) is 0 Å². The second kappa shape index (κ2) is 6.83. The van der Waals surface area contributed by atoms with Crippen LogP contribution in [0, 0.1) is 11.3 Å². The van der Waals surface area contributed by atoms with Crippen LogP contribution in [0.3, 0.4) is 0 Å². The van der Waals surface area contributed by atoms with Gasteiger partial charge in [-0.1, -0.05) is 41.9 Å². The highest BCUT2D eigenvalue weighted by atomic mass is 35.5. The van der Waals surface area contributed by atoms with Crippen LogP contribution in [0.25, 0.3) is 0 Å². The van der Waals surface area contributed by atoms with Crippen molar-refractivity contribution < 1.29 is 4.74 Å². The van der Waals surface area contributed by atoms with Gasteiger partial charge >= 0.3 is 0 Å². The Bertz CT molecular complexity index is 695. The summed E-state index contributed by atoms with van der Waals surface area (Å²) in [4.78, 5) is 2.13. The van der Waals surface area contributed by atoms with E-state index in [4.69, 9.17) is 21.6 Å². The largest absolute Gasteiger partial charge is 0.484 e. The Labute approximate surface area is 135 Å². The molecule has 1 aliphatic rings. The first-order valence-corrected chi connectivity index (χ1v) is 7.73. The van der Waals surface area contributed by atoms with Crippen LogP contribution in [0.1, 0.15) is 17.2 Å². The maximum Gasteiger partial charge on any atom is 0.137 e. The number of hydrogen-bond donors (Lipinski definition) is 0. The lowest BCUT2D eigenvalue weighted by Gasteiger charge is -2.24. The molecule has 0 radical (unpaired) electrons. The molecule has 3 rings (SSSR count). The summed E-state index contributed by atoms with van der Waals surface area (Å²) in [5, 5.41) is 9.65. The molecule has 0 fully saturated rings. The lowest BCUT2D eigenvalue weighted by atomic mass is 10.0. The third-order valence-electron chi connectivity index (χ3n) is 3.89. The van der Waals surface area contributed by atoms with Gasteiger partial charge in [0.05, 0.1) is 12.6 Å². The van der Waals surface area contributed by atoms with Crippen molar-refractivity contribution in [3.63, 3.8) is 0 Å². The molecule has 0 amide bonds. The van der Waals surface area contributed by atoms with Gasteiger partial charge < -0.3 is 4.74 Å². The zero-order valence-corrected chi connectivity index (χ0v) is 13.0. The van der Waals surface area contributed by atoms with Crippen LogP contribution >= 0.6 is 11.6 Å². The number of halogens is 1. The van der Waals surface area contributed by atoms with E-state index in [1.165, 1.54) is 11.1 Å². The fourth-order valence-electron chi connectivity index (χ4n) is 2.83. The second-order valence-electron chi connectivity index (χ2n) is 5.41. The zero-order chi connectivity index (χ0) is 15.4. The van der Waals surface area contributed by atoms with Gasteiger partial charge in [-0.15, -0.1) is 0 Å². The fourth-order valence-corrected chi connectivity index (χ4v) is 3.01. The second-order valence-corrected chi connectivity index (χ2v) is 5.84. The Kier molecular flexibility index (Phi) is 4.62. The molecule has 2 aromatic carbocycles. The Morgan fingerprint density at radius 1 is 1.23 bits per heavy atom. The standard InChI is InChI=1S/C18H17ClN2O/c19-15-5-3-6-16(12-15)22-18-13-21(11-9-20)10-8-14-4-1-2-7-17(14)18/h1-7,12,18H,8,10-11,13H2. The molecule has 22 heavy (non-hydrogen) atoms. The molecule has 0 N–H and O–H groups in total. The number of nitrogens with zero attached hydrogens (tertiary/aromatic N) is 2. The summed E-state index contributed by atoms with van der Waals surface area (Å²) in [6.45, 7) is 2.00. The molecule has 4 heteroatoms. The molecule has 3 nitrogen and oxygen atoms in total. The molecule has 1 unspecified atom stereocenters. The van der Waals surface area contributed by atoms with Gasteiger partial charge in [-0.05, 0) is 35.7 Å². The van der Waals surface area contributed by atoms with Gasteiger partial charge in [-0.25, -0.2) is 0 Å². The number of nitriles is 1. The molecular weight excluding hydrogens is 296 g/mol. The Balaban J connectivity index is 1.89. The quantitative estimate of drug-likeness (QED) is 0.808. The molecule has 0 aromatic heterocycles. The summed E-state index contributed by atoms with van der Waals surface area (Å²) in [5.41, 5.74) is 2.48. The predicted octanol–water partition coefficient (Wildman–Crippen LogP) is 3.84. The number of benzene rings is 2. The minimum atomic E-state index is -0.0921. The van der Waals surface area contributed by atoms with Crippen molar-refractivity contribution in [2.75, 3.05) is 19.6 Å². The summed E-state index contributed by atoms with van der Waals surface area (Å²) in [6, 6.07) is 18.0. The number of hydrogen-bond acceptors (Lipinski definition) is 3. The maximum atomic E-state index is 8.99. The first kappa shape index (κ1) is 14.9. The van der Waals surface area contributed by atoms with Gasteiger partial charge in [-0.3, -0.25) is 4.90 Å². The van der Waals surface area contributed by atoms with Crippen LogP contribution in [-0.2, 0) is 6.42 Å². The lowest BCUT2D eigenvalue weighted by molar-refractivity contribution is 0.149. The number of rotatable bonds is 3. The highest BCUT2D eigenvalue weighted by Gasteiger charge is 2.24. The van der Waals surface area contributed by atoms with Gasteiger partial charge in [0.15, 0.2) is 0 Å². The third kappa shape index (κ3) is 3.41. The van der Waals surface area contributed by atoms with Crippen molar-refractivity contribution in [3.05, 3.63) is 64.7 Å². The topological polar surface area (TPSA) is 36.3 Å². The summed E-state index contributed by atoms with van der Waals surface area (Å²) in [6.07, 6.45) is 0.846. The van der Waals surface area contributed by atoms with E-state index in [0.29, 0.717) is 18.1 Å². The van der Waals surface area contributed by atoms with Crippen LogP contribution in [0.2, 0.25) is 5.02 Å². The van der Waals surface area contributed by atoms with Gasteiger partial charge in [0, 0.05) is 18.1 Å². The molecule has 0 saturated heterocycles. The van der Waals surface area contributed by atoms with E-state index >= 15 is 0 Å². The minimum absolute atomic E-state index is 0.0921. The Morgan fingerprint density at radius 3 is 2.91 bits per heavy atom. The van der Waals surface area contributed by atoms with Crippen molar-refractivity contribution in [3.8, 4) is 11.8 Å². The van der Waals surface area contributed by atoms with E-state index in [1.54, 1.807) is 0 Å². The van der Waals surface area contributed by atoms with Crippen LogP contribution < -0.4 is 4.74 Å². The first-order valence-electron chi connectivity index (χ1n) is 7.35. The highest BCUT2D eigenvalue weighted by molar-refractivity contribution is 6.30. The smallest absolute Gasteiger partial charge is 0.137 e. The molecule has 0 aliphatic carbocycles. The van der Waals surface area contributed by atoms with Crippen LogP contribution in [0.5, 0.6) is 5.75 Å². The average molecular weight is 313 g/mol. The van der Waals surface area contributed by atoms with Crippen molar-refractivity contribution in [2.24, 2.45) is 0 Å². The van der Waals surface area contributed by atoms with E-state index in [-0.39, 0.29) is 6.10 Å². The molecule has 0 saturated carbocycles. The van der Waals surface area contributed by atoms with Gasteiger partial charge in [-0.2, -0.15) is 5.26 Å². The minimum Gasteiger partial charge on any atom is -0.484 e. The number of fused-ring (bicyclic) bond motifs is 1. The SMILES string of the molecule is N#CCN1CCc2ccccc2C(Oc2cccc(Cl)c2)C1. The van der Waals surface area contributed by atoms with Crippen molar-refractivity contribution in [2.45, 2.75) is 12.5 Å². The first-order chi connectivity index (χ1) is 10.8. The van der Waals surface area contributed by atoms with Gasteiger partial charge in [0.25, 0.3) is 0 Å². The zero-order valence-electron chi connectivity index (χ0n) is 12.2. The van der Waals surface area contributed by atoms with Crippen LogP contribution in [-0.4, -0.2) is 24.5 Å². The third-order valence-corrected chi connectivity index (χ3v) is 4.13. The number of ether oxygens (including phenoxy) is 1. The molecule has 0 bridgehead atoms. The van der Waals surface area contributed by atoms with E-state index < -0.39 is 0 Å². The predicted molar refractivity (Wildman–Crippen MR) is 87.0 cm³/mol. The summed E-state index contributed by atoms with van der Waals surface area (Å²) < 4.78 is 6.18. The van der Waals surface area contributed by atoms with E-state index in [2.05, 4.69) is 29.2 Å². The maximum absolute atomic E-state index is 8.99. The molecule has 1 aliphatic heterocycles. The summed E-state index contributed by atoms with van der Waals surface area (Å²) >= 11 is 6.04. The van der Waals surface area contributed by atoms with Crippen LogP contribution in [0.15, 0.2) is 48.5 Å². The highest BCUT2D eigenvalue weighted by Crippen LogP contribution is 2.29. The average Bonchev–Trinajstić information content (AvgIpc) is 2.68. The molecule has 112 valence electrons. The molecule has 1 atom stereocenters. The normalized spacial score (nSPS) is 18.1. The molecule has 0 spiro atoms. The van der Waals surface area contributed by atoms with Crippen molar-refractivity contribution in [1.82, 2.24) is 4.90 Å². The van der Waals surface area contributed by atoms with E-state index in [0.717, 1.165) is 18.7 Å². The fraction of sp³-hybridized carbons (Fsp3) is 0.278. The van der Waals surface area contributed by atoms with Crippen molar-refractivity contribution in [1.29, 1.82) is 5.26 Å². The van der Waals surface area contributed by atoms with E-state index in [9.17, 15) is 0 Å². The summed E-state index contributed by atoms with van der Waals surface area (Å²) in [5.74, 6) is 0.756. The Morgan fingerprint density at radius 2 is 2.09 bits per heavy atom.